The zero-order valence-corrected chi connectivity index (χ0v) is 7.60. The largest absolute Gasteiger partial charge is 0.494 e. The Hall–Kier alpha value is -0.980. The van der Waals surface area contributed by atoms with Crippen LogP contribution in [0.2, 0.25) is 0 Å². The molecule has 0 unspecified atom stereocenters. The van der Waals surface area contributed by atoms with E-state index in [1.807, 2.05) is 0 Å². The van der Waals surface area contributed by atoms with Crippen LogP contribution in [0.5, 0.6) is 0 Å². The quantitative estimate of drug-likeness (QED) is 0.461. The third-order valence-corrected chi connectivity index (χ3v) is 3.74. The summed E-state index contributed by atoms with van der Waals surface area (Å²) in [6.07, 6.45) is 12.5. The molecule has 3 aliphatic rings. The Bertz CT molecular complexity index is 289. The molecule has 0 aromatic heterocycles. The first-order valence-corrected chi connectivity index (χ1v) is 5.03. The van der Waals surface area contributed by atoms with E-state index >= 15 is 0 Å². The van der Waals surface area contributed by atoms with Crippen LogP contribution in [0, 0.1) is 23.7 Å². The Morgan fingerprint density at radius 1 is 1.15 bits per heavy atom. The van der Waals surface area contributed by atoms with Crippen molar-refractivity contribution in [2.75, 3.05) is 0 Å². The van der Waals surface area contributed by atoms with Gasteiger partial charge in [0.1, 0.15) is 6.10 Å². The normalized spacial score (nSPS) is 49.7. The van der Waals surface area contributed by atoms with Crippen LogP contribution in [0.25, 0.3) is 0 Å². The van der Waals surface area contributed by atoms with E-state index < -0.39 is 0 Å². The monoisotopic (exact) mass is 174 g/mol. The molecule has 5 atom stereocenters. The van der Waals surface area contributed by atoms with Crippen molar-refractivity contribution >= 4 is 0 Å². The fourth-order valence-corrected chi connectivity index (χ4v) is 3.25. The van der Waals surface area contributed by atoms with Crippen LogP contribution in [-0.2, 0) is 4.74 Å². The first-order valence-electron chi connectivity index (χ1n) is 5.03. The van der Waals surface area contributed by atoms with Crippen LogP contribution in [0.1, 0.15) is 6.42 Å². The maximum Gasteiger partial charge on any atom is 0.120 e. The van der Waals surface area contributed by atoms with Crippen molar-refractivity contribution in [2.24, 2.45) is 23.7 Å². The van der Waals surface area contributed by atoms with Crippen molar-refractivity contribution in [3.05, 3.63) is 37.1 Å². The molecule has 0 radical (unpaired) electrons. The van der Waals surface area contributed by atoms with Crippen molar-refractivity contribution in [3.63, 3.8) is 0 Å². The second-order valence-electron chi connectivity index (χ2n) is 4.26. The van der Waals surface area contributed by atoms with Gasteiger partial charge in [-0.1, -0.05) is 24.8 Å². The van der Waals surface area contributed by atoms with Gasteiger partial charge in [-0.3, -0.25) is 0 Å². The zero-order valence-electron chi connectivity index (χ0n) is 7.60. The van der Waals surface area contributed by atoms with E-state index in [1.165, 1.54) is 6.42 Å². The predicted molar refractivity (Wildman–Crippen MR) is 51.9 cm³/mol. The number of hydrogen-bond donors (Lipinski definition) is 0. The summed E-state index contributed by atoms with van der Waals surface area (Å²) in [5.41, 5.74) is 0. The van der Waals surface area contributed by atoms with Crippen molar-refractivity contribution in [3.8, 4) is 0 Å². The molecule has 0 heterocycles. The number of hydrogen-bond acceptors (Lipinski definition) is 1. The Balaban J connectivity index is 1.87. The Labute approximate surface area is 78.8 Å². The summed E-state index contributed by atoms with van der Waals surface area (Å²) in [5.74, 6) is 3.01. The average molecular weight is 174 g/mol. The Kier molecular flexibility index (Phi) is 1.43. The first kappa shape index (κ1) is 7.43. The number of ether oxygens (including phenoxy) is 1. The molecule has 68 valence electrons. The topological polar surface area (TPSA) is 9.23 Å². The summed E-state index contributed by atoms with van der Waals surface area (Å²) in [6, 6.07) is 0. The van der Waals surface area contributed by atoms with E-state index in [4.69, 9.17) is 4.74 Å². The highest BCUT2D eigenvalue weighted by Crippen LogP contribution is 2.53. The molecule has 13 heavy (non-hydrogen) atoms. The molecule has 1 fully saturated rings. The minimum absolute atomic E-state index is 0.294. The number of allylic oxidation sites excluding steroid dienone is 3. The summed E-state index contributed by atoms with van der Waals surface area (Å²) in [7, 11) is 0. The lowest BCUT2D eigenvalue weighted by Crippen LogP contribution is -2.25. The second-order valence-corrected chi connectivity index (χ2v) is 4.26. The van der Waals surface area contributed by atoms with Gasteiger partial charge in [0.2, 0.25) is 0 Å². The van der Waals surface area contributed by atoms with E-state index in [-0.39, 0.29) is 0 Å². The van der Waals surface area contributed by atoms with Gasteiger partial charge in [0.25, 0.3) is 0 Å². The van der Waals surface area contributed by atoms with Gasteiger partial charge in [-0.25, -0.2) is 0 Å². The van der Waals surface area contributed by atoms with Gasteiger partial charge in [-0.15, -0.1) is 0 Å². The summed E-state index contributed by atoms with van der Waals surface area (Å²) in [4.78, 5) is 0. The van der Waals surface area contributed by atoms with Crippen molar-refractivity contribution in [2.45, 2.75) is 12.5 Å². The minimum atomic E-state index is 0.294. The summed E-state index contributed by atoms with van der Waals surface area (Å²) >= 11 is 0. The highest BCUT2D eigenvalue weighted by Gasteiger charge is 2.49. The van der Waals surface area contributed by atoms with Gasteiger partial charge in [0.15, 0.2) is 0 Å². The predicted octanol–water partition coefficient (Wildman–Crippen LogP) is 2.52. The molecule has 0 spiro atoms. The average Bonchev–Trinajstić information content (AvgIpc) is 2.74. The highest BCUT2D eigenvalue weighted by atomic mass is 16.5. The summed E-state index contributed by atoms with van der Waals surface area (Å²) in [5, 5.41) is 0. The summed E-state index contributed by atoms with van der Waals surface area (Å²) < 4.78 is 5.51. The second kappa shape index (κ2) is 2.50. The maximum absolute atomic E-state index is 5.51. The third kappa shape index (κ3) is 0.874. The highest BCUT2D eigenvalue weighted by molar-refractivity contribution is 5.25. The molecule has 0 aliphatic heterocycles. The standard InChI is InChI=1S/C12H14O/c1-2-13-11-6-5-10-8-3-4-9(7-8)12(10)11/h2-6,8-12H,1,7H2/t8-,9+,10-,11-,12+/m1/s1. The molecule has 0 saturated heterocycles. The molecular formula is C12H14O. The van der Waals surface area contributed by atoms with Crippen molar-refractivity contribution < 1.29 is 4.74 Å². The fourth-order valence-electron chi connectivity index (χ4n) is 3.25. The van der Waals surface area contributed by atoms with Crippen LogP contribution < -0.4 is 0 Å². The molecule has 3 aliphatic carbocycles. The molecule has 0 N–H and O–H groups in total. The van der Waals surface area contributed by atoms with Gasteiger partial charge in [0.05, 0.1) is 6.26 Å². The Morgan fingerprint density at radius 2 is 2.00 bits per heavy atom. The molecule has 0 amide bonds. The SMILES string of the molecule is C=CO[C@@H]1C=C[C@H]2[C@@H]1[C@H]1C=C[C@@H]2C1. The van der Waals surface area contributed by atoms with Crippen LogP contribution in [0.4, 0.5) is 0 Å². The summed E-state index contributed by atoms with van der Waals surface area (Å²) in [6.45, 7) is 3.63. The molecule has 0 aromatic rings. The fraction of sp³-hybridized carbons (Fsp3) is 0.500. The third-order valence-electron chi connectivity index (χ3n) is 3.74. The lowest BCUT2D eigenvalue weighted by atomic mass is 9.84. The maximum atomic E-state index is 5.51. The zero-order chi connectivity index (χ0) is 8.84. The molecule has 1 heteroatoms. The lowest BCUT2D eigenvalue weighted by molar-refractivity contribution is 0.110. The van der Waals surface area contributed by atoms with Gasteiger partial charge in [-0.05, 0) is 30.3 Å². The smallest absolute Gasteiger partial charge is 0.120 e. The molecule has 2 bridgehead atoms. The molecular weight excluding hydrogens is 160 g/mol. The molecule has 1 nitrogen and oxygen atoms in total. The lowest BCUT2D eigenvalue weighted by Gasteiger charge is -2.25. The van der Waals surface area contributed by atoms with Gasteiger partial charge >= 0.3 is 0 Å². The van der Waals surface area contributed by atoms with E-state index in [9.17, 15) is 0 Å². The Morgan fingerprint density at radius 3 is 2.85 bits per heavy atom. The van der Waals surface area contributed by atoms with Crippen LogP contribution >= 0.6 is 0 Å². The first-order chi connectivity index (χ1) is 6.40. The van der Waals surface area contributed by atoms with E-state index in [0.717, 1.165) is 17.8 Å². The minimum Gasteiger partial charge on any atom is -0.494 e. The molecule has 1 saturated carbocycles. The van der Waals surface area contributed by atoms with Crippen LogP contribution in [0.3, 0.4) is 0 Å². The van der Waals surface area contributed by atoms with Gasteiger partial charge < -0.3 is 4.74 Å². The van der Waals surface area contributed by atoms with Gasteiger partial charge in [-0.2, -0.15) is 0 Å². The van der Waals surface area contributed by atoms with Crippen molar-refractivity contribution in [1.29, 1.82) is 0 Å². The van der Waals surface area contributed by atoms with Crippen molar-refractivity contribution in [1.82, 2.24) is 0 Å². The van der Waals surface area contributed by atoms with E-state index in [2.05, 4.69) is 30.9 Å². The van der Waals surface area contributed by atoms with E-state index in [0.29, 0.717) is 12.0 Å². The molecule has 3 rings (SSSR count). The van der Waals surface area contributed by atoms with Gasteiger partial charge in [0, 0.05) is 5.92 Å². The van der Waals surface area contributed by atoms with Crippen LogP contribution in [-0.4, -0.2) is 6.10 Å². The number of fused-ring (bicyclic) bond motifs is 5. The van der Waals surface area contributed by atoms with E-state index in [1.54, 1.807) is 6.26 Å². The number of rotatable bonds is 2. The molecule has 0 aromatic carbocycles. The van der Waals surface area contributed by atoms with Crippen LogP contribution in [0.15, 0.2) is 37.1 Å².